The molecule has 0 aliphatic heterocycles. The molecule has 7 heteroatoms. The first-order valence-electron chi connectivity index (χ1n) is 8.31. The number of hydrogen-bond donors (Lipinski definition) is 1. The number of aromatic nitrogens is 2. The van der Waals surface area contributed by atoms with Crippen molar-refractivity contribution in [1.29, 1.82) is 0 Å². The maximum Gasteiger partial charge on any atom is 0.230 e. The van der Waals surface area contributed by atoms with E-state index in [0.29, 0.717) is 6.54 Å². The van der Waals surface area contributed by atoms with E-state index in [1.807, 2.05) is 54.6 Å². The van der Waals surface area contributed by atoms with E-state index in [2.05, 4.69) is 15.3 Å². The number of carbonyl (C=O) groups excluding carboxylic acids is 1. The van der Waals surface area contributed by atoms with Crippen molar-refractivity contribution >= 4 is 29.4 Å². The Morgan fingerprint density at radius 3 is 2.59 bits per heavy atom. The number of methoxy groups -OCH3 is 1. The molecule has 0 fully saturated rings. The predicted octanol–water partition coefficient (Wildman–Crippen LogP) is 4.04. The lowest BCUT2D eigenvalue weighted by Gasteiger charge is -2.08. The minimum Gasteiger partial charge on any atom is -0.497 e. The van der Waals surface area contributed by atoms with Gasteiger partial charge in [0.15, 0.2) is 0 Å². The summed E-state index contributed by atoms with van der Waals surface area (Å²) in [4.78, 5) is 22.1. The first-order valence-corrected chi connectivity index (χ1v) is 10.1. The lowest BCUT2D eigenvalue weighted by molar-refractivity contribution is -0.118. The number of carbonyl (C=O) groups is 1. The number of ether oxygens (including phenoxy) is 1. The number of rotatable bonds is 8. The van der Waals surface area contributed by atoms with Crippen molar-refractivity contribution in [2.45, 2.75) is 21.5 Å². The molecule has 2 aromatic carbocycles. The molecule has 1 N–H and O–H groups in total. The average Bonchev–Trinajstić information content (AvgIpc) is 2.72. The van der Waals surface area contributed by atoms with E-state index in [-0.39, 0.29) is 11.7 Å². The van der Waals surface area contributed by atoms with Gasteiger partial charge in [-0.1, -0.05) is 53.9 Å². The Labute approximate surface area is 167 Å². The van der Waals surface area contributed by atoms with Crippen molar-refractivity contribution in [2.24, 2.45) is 0 Å². The molecule has 27 heavy (non-hydrogen) atoms. The van der Waals surface area contributed by atoms with Crippen LogP contribution in [0.25, 0.3) is 0 Å². The lowest BCUT2D eigenvalue weighted by Crippen LogP contribution is -2.24. The van der Waals surface area contributed by atoms with Crippen LogP contribution in [-0.2, 0) is 11.3 Å². The number of amides is 1. The zero-order valence-corrected chi connectivity index (χ0v) is 16.4. The molecule has 0 unspecified atom stereocenters. The number of hydrogen-bond acceptors (Lipinski definition) is 6. The van der Waals surface area contributed by atoms with E-state index in [0.717, 1.165) is 26.3 Å². The summed E-state index contributed by atoms with van der Waals surface area (Å²) in [5, 5.41) is 4.47. The molecule has 0 aliphatic carbocycles. The Morgan fingerprint density at radius 2 is 1.81 bits per heavy atom. The topological polar surface area (TPSA) is 64.1 Å². The van der Waals surface area contributed by atoms with Crippen LogP contribution < -0.4 is 10.1 Å². The standard InChI is InChI=1S/C20H19N3O2S2/c1-25-16-7-5-6-15(12-16)13-23-18(24)14-26-19-20(22-11-10-21-19)27-17-8-3-2-4-9-17/h2-12H,13-14H2,1H3,(H,23,24). The van der Waals surface area contributed by atoms with Crippen molar-refractivity contribution in [3.8, 4) is 5.75 Å². The number of thioether (sulfide) groups is 1. The van der Waals surface area contributed by atoms with Gasteiger partial charge in [-0.05, 0) is 29.8 Å². The fourth-order valence-electron chi connectivity index (χ4n) is 2.25. The molecule has 1 amide bonds. The molecule has 1 aromatic heterocycles. The number of nitrogens with zero attached hydrogens (tertiary/aromatic N) is 2. The summed E-state index contributed by atoms with van der Waals surface area (Å²) in [6, 6.07) is 17.6. The highest BCUT2D eigenvalue weighted by atomic mass is 32.2. The molecule has 1 heterocycles. The molecule has 0 saturated heterocycles. The maximum atomic E-state index is 12.2. The first-order chi connectivity index (χ1) is 13.2. The van der Waals surface area contributed by atoms with E-state index in [4.69, 9.17) is 4.74 Å². The first kappa shape index (κ1) is 19.3. The number of benzene rings is 2. The fraction of sp³-hybridized carbons (Fsp3) is 0.150. The Bertz CT molecular complexity index is 891. The number of nitrogens with one attached hydrogen (secondary N) is 1. The monoisotopic (exact) mass is 397 g/mol. The van der Waals surface area contributed by atoms with Crippen LogP contribution >= 0.6 is 23.5 Å². The van der Waals surface area contributed by atoms with Gasteiger partial charge in [0.05, 0.1) is 12.9 Å². The van der Waals surface area contributed by atoms with E-state index in [1.54, 1.807) is 31.3 Å². The van der Waals surface area contributed by atoms with Crippen molar-refractivity contribution in [1.82, 2.24) is 15.3 Å². The second-order valence-electron chi connectivity index (χ2n) is 5.50. The van der Waals surface area contributed by atoms with Crippen molar-refractivity contribution < 1.29 is 9.53 Å². The molecule has 5 nitrogen and oxygen atoms in total. The molecule has 3 rings (SSSR count). The highest BCUT2D eigenvalue weighted by molar-refractivity contribution is 8.02. The normalized spacial score (nSPS) is 10.4. The summed E-state index contributed by atoms with van der Waals surface area (Å²) in [5.74, 6) is 1.01. The van der Waals surface area contributed by atoms with Gasteiger partial charge in [-0.3, -0.25) is 4.79 Å². The zero-order valence-electron chi connectivity index (χ0n) is 14.8. The fourth-order valence-corrected chi connectivity index (χ4v) is 4.00. The molecule has 0 bridgehead atoms. The molecule has 0 aliphatic rings. The predicted molar refractivity (Wildman–Crippen MR) is 108 cm³/mol. The van der Waals surface area contributed by atoms with Gasteiger partial charge in [0.1, 0.15) is 15.8 Å². The second kappa shape index (κ2) is 9.99. The summed E-state index contributed by atoms with van der Waals surface area (Å²) in [5.41, 5.74) is 0.993. The average molecular weight is 398 g/mol. The van der Waals surface area contributed by atoms with Crippen molar-refractivity contribution in [2.75, 3.05) is 12.9 Å². The van der Waals surface area contributed by atoms with Gasteiger partial charge < -0.3 is 10.1 Å². The van der Waals surface area contributed by atoms with Gasteiger partial charge in [0.2, 0.25) is 5.91 Å². The Kier molecular flexibility index (Phi) is 7.12. The van der Waals surface area contributed by atoms with Gasteiger partial charge in [0, 0.05) is 23.8 Å². The van der Waals surface area contributed by atoms with Crippen LogP contribution in [0.15, 0.2) is 81.9 Å². The van der Waals surface area contributed by atoms with E-state index >= 15 is 0 Å². The van der Waals surface area contributed by atoms with Crippen LogP contribution in [0, 0.1) is 0 Å². The van der Waals surface area contributed by atoms with Crippen LogP contribution in [0.1, 0.15) is 5.56 Å². The zero-order chi connectivity index (χ0) is 18.9. The van der Waals surface area contributed by atoms with Gasteiger partial charge in [-0.25, -0.2) is 9.97 Å². The Balaban J connectivity index is 1.54. The molecule has 3 aromatic rings. The van der Waals surface area contributed by atoms with Crippen LogP contribution in [0.2, 0.25) is 0 Å². The largest absolute Gasteiger partial charge is 0.497 e. The molecular weight excluding hydrogens is 378 g/mol. The molecule has 0 spiro atoms. The summed E-state index contributed by atoms with van der Waals surface area (Å²) in [6.07, 6.45) is 3.31. The molecule has 0 radical (unpaired) electrons. The quantitative estimate of drug-likeness (QED) is 0.579. The summed E-state index contributed by atoms with van der Waals surface area (Å²) in [6.45, 7) is 0.461. The van der Waals surface area contributed by atoms with Crippen LogP contribution in [-0.4, -0.2) is 28.7 Å². The Hall–Kier alpha value is -2.51. The highest BCUT2D eigenvalue weighted by Crippen LogP contribution is 2.32. The van der Waals surface area contributed by atoms with Gasteiger partial charge >= 0.3 is 0 Å². The van der Waals surface area contributed by atoms with E-state index < -0.39 is 0 Å². The molecule has 0 saturated carbocycles. The summed E-state index contributed by atoms with van der Waals surface area (Å²) in [7, 11) is 1.63. The third-order valence-corrected chi connectivity index (χ3v) is 5.66. The van der Waals surface area contributed by atoms with Gasteiger partial charge in [-0.2, -0.15) is 0 Å². The van der Waals surface area contributed by atoms with E-state index in [9.17, 15) is 4.79 Å². The van der Waals surface area contributed by atoms with Gasteiger partial charge in [-0.15, -0.1) is 0 Å². The second-order valence-corrected chi connectivity index (χ2v) is 7.52. The van der Waals surface area contributed by atoms with Crippen LogP contribution in [0.5, 0.6) is 5.75 Å². The van der Waals surface area contributed by atoms with Crippen LogP contribution in [0.4, 0.5) is 0 Å². The van der Waals surface area contributed by atoms with Crippen molar-refractivity contribution in [3.05, 3.63) is 72.6 Å². The SMILES string of the molecule is COc1cccc(CNC(=O)CSc2nccnc2Sc2ccccc2)c1. The summed E-state index contributed by atoms with van der Waals surface area (Å²) < 4.78 is 5.19. The van der Waals surface area contributed by atoms with Crippen LogP contribution in [0.3, 0.4) is 0 Å². The smallest absolute Gasteiger partial charge is 0.230 e. The maximum absolute atomic E-state index is 12.2. The van der Waals surface area contributed by atoms with Gasteiger partial charge in [0.25, 0.3) is 0 Å². The minimum atomic E-state index is -0.0517. The Morgan fingerprint density at radius 1 is 1.04 bits per heavy atom. The highest BCUT2D eigenvalue weighted by Gasteiger charge is 2.10. The minimum absolute atomic E-state index is 0.0517. The molecule has 138 valence electrons. The molecular formula is C20H19N3O2S2. The third-order valence-electron chi connectivity index (χ3n) is 3.55. The lowest BCUT2D eigenvalue weighted by atomic mass is 10.2. The molecule has 0 atom stereocenters. The summed E-state index contributed by atoms with van der Waals surface area (Å²) >= 11 is 2.93. The third kappa shape index (κ3) is 6.01. The van der Waals surface area contributed by atoms with Crippen molar-refractivity contribution in [3.63, 3.8) is 0 Å². The van der Waals surface area contributed by atoms with E-state index in [1.165, 1.54) is 11.8 Å².